The summed E-state index contributed by atoms with van der Waals surface area (Å²) < 4.78 is 5.43. The fourth-order valence-electron chi connectivity index (χ4n) is 4.02. The standard InChI is InChI=1S/C21H33N3O2.2ClH/c1-17(18-6-8-22-9-7-18)14-21(25)23-15-19-4-2-3-5-20(19)16-24-10-12-26-13-11-24;;/h2-5,17-18,22H,6-16H2,1H3,(H,23,25);2*1H. The van der Waals surface area contributed by atoms with E-state index in [0.717, 1.165) is 45.9 Å². The summed E-state index contributed by atoms with van der Waals surface area (Å²) in [6, 6.07) is 8.45. The highest BCUT2D eigenvalue weighted by Crippen LogP contribution is 2.24. The number of halogens is 2. The molecule has 0 spiro atoms. The maximum atomic E-state index is 12.4. The molecule has 1 atom stereocenters. The van der Waals surface area contributed by atoms with Crippen molar-refractivity contribution in [2.45, 2.75) is 39.3 Å². The molecule has 2 aliphatic rings. The van der Waals surface area contributed by atoms with Crippen LogP contribution < -0.4 is 10.6 Å². The van der Waals surface area contributed by atoms with Gasteiger partial charge in [-0.05, 0) is 48.9 Å². The lowest BCUT2D eigenvalue weighted by Crippen LogP contribution is -2.36. The highest BCUT2D eigenvalue weighted by Gasteiger charge is 2.22. The molecular formula is C21H35Cl2N3O2. The van der Waals surface area contributed by atoms with Crippen LogP contribution in [0.2, 0.25) is 0 Å². The van der Waals surface area contributed by atoms with E-state index in [-0.39, 0.29) is 30.7 Å². The second kappa shape index (κ2) is 13.4. The minimum absolute atomic E-state index is 0. The lowest BCUT2D eigenvalue weighted by Gasteiger charge is -2.28. The number of amides is 1. The van der Waals surface area contributed by atoms with Crippen LogP contribution in [-0.2, 0) is 22.6 Å². The third-order valence-corrected chi connectivity index (χ3v) is 5.79. The highest BCUT2D eigenvalue weighted by atomic mass is 35.5. The van der Waals surface area contributed by atoms with E-state index in [1.54, 1.807) is 0 Å². The summed E-state index contributed by atoms with van der Waals surface area (Å²) in [5.41, 5.74) is 2.53. The Hall–Kier alpha value is -0.850. The van der Waals surface area contributed by atoms with Crippen molar-refractivity contribution >= 4 is 30.7 Å². The van der Waals surface area contributed by atoms with Gasteiger partial charge in [-0.3, -0.25) is 9.69 Å². The predicted octanol–water partition coefficient (Wildman–Crippen LogP) is 3.00. The van der Waals surface area contributed by atoms with Crippen LogP contribution in [0, 0.1) is 11.8 Å². The number of nitrogens with zero attached hydrogens (tertiary/aromatic N) is 1. The zero-order valence-electron chi connectivity index (χ0n) is 16.8. The number of benzene rings is 1. The summed E-state index contributed by atoms with van der Waals surface area (Å²) in [7, 11) is 0. The van der Waals surface area contributed by atoms with Crippen LogP contribution in [0.15, 0.2) is 24.3 Å². The molecule has 28 heavy (non-hydrogen) atoms. The Morgan fingerprint density at radius 2 is 1.82 bits per heavy atom. The predicted molar refractivity (Wildman–Crippen MR) is 118 cm³/mol. The molecule has 2 heterocycles. The van der Waals surface area contributed by atoms with Crippen molar-refractivity contribution in [2.75, 3.05) is 39.4 Å². The van der Waals surface area contributed by atoms with Gasteiger partial charge in [0.2, 0.25) is 5.91 Å². The van der Waals surface area contributed by atoms with E-state index in [1.165, 1.54) is 24.0 Å². The normalized spacial score (nSPS) is 19.2. The molecule has 0 aromatic heterocycles. The van der Waals surface area contributed by atoms with Crippen molar-refractivity contribution in [3.05, 3.63) is 35.4 Å². The zero-order valence-corrected chi connectivity index (χ0v) is 18.5. The second-order valence-corrected chi connectivity index (χ2v) is 7.70. The molecule has 0 aliphatic carbocycles. The Labute approximate surface area is 181 Å². The molecule has 0 saturated carbocycles. The van der Waals surface area contributed by atoms with Gasteiger partial charge in [0.15, 0.2) is 0 Å². The number of nitrogens with one attached hydrogen (secondary N) is 2. The Morgan fingerprint density at radius 3 is 2.50 bits per heavy atom. The maximum Gasteiger partial charge on any atom is 0.220 e. The molecule has 2 aliphatic heterocycles. The van der Waals surface area contributed by atoms with Crippen LogP contribution in [0.4, 0.5) is 0 Å². The van der Waals surface area contributed by atoms with Gasteiger partial charge < -0.3 is 15.4 Å². The number of morpholine rings is 1. The van der Waals surface area contributed by atoms with E-state index < -0.39 is 0 Å². The molecule has 0 radical (unpaired) electrons. The third-order valence-electron chi connectivity index (χ3n) is 5.79. The molecule has 1 unspecified atom stereocenters. The first kappa shape index (κ1) is 25.2. The van der Waals surface area contributed by atoms with Crippen LogP contribution in [0.3, 0.4) is 0 Å². The van der Waals surface area contributed by atoms with Gasteiger partial charge in [-0.25, -0.2) is 0 Å². The van der Waals surface area contributed by atoms with Gasteiger partial charge in [0, 0.05) is 32.6 Å². The van der Waals surface area contributed by atoms with Crippen LogP contribution in [-0.4, -0.2) is 50.2 Å². The van der Waals surface area contributed by atoms with E-state index in [1.807, 2.05) is 0 Å². The molecule has 1 amide bonds. The SMILES string of the molecule is CC(CC(=O)NCc1ccccc1CN1CCOCC1)C1CCNCC1.Cl.Cl. The van der Waals surface area contributed by atoms with Gasteiger partial charge in [-0.1, -0.05) is 31.2 Å². The van der Waals surface area contributed by atoms with Crippen molar-refractivity contribution in [2.24, 2.45) is 11.8 Å². The number of rotatable bonds is 7. The van der Waals surface area contributed by atoms with E-state index in [9.17, 15) is 4.79 Å². The smallest absolute Gasteiger partial charge is 0.220 e. The Bertz CT molecular complexity index is 577. The van der Waals surface area contributed by atoms with Crippen molar-refractivity contribution in [1.82, 2.24) is 15.5 Å². The van der Waals surface area contributed by atoms with Crippen LogP contribution in [0.1, 0.15) is 37.3 Å². The molecule has 7 heteroatoms. The fourth-order valence-corrected chi connectivity index (χ4v) is 4.02. The minimum Gasteiger partial charge on any atom is -0.379 e. The topological polar surface area (TPSA) is 53.6 Å². The average molecular weight is 432 g/mol. The second-order valence-electron chi connectivity index (χ2n) is 7.70. The van der Waals surface area contributed by atoms with Gasteiger partial charge in [0.1, 0.15) is 0 Å². The molecule has 3 rings (SSSR count). The molecule has 5 nitrogen and oxygen atoms in total. The number of hydrogen-bond donors (Lipinski definition) is 2. The van der Waals surface area contributed by atoms with Gasteiger partial charge in [0.25, 0.3) is 0 Å². The minimum atomic E-state index is 0. The monoisotopic (exact) mass is 431 g/mol. The average Bonchev–Trinajstić information content (AvgIpc) is 2.69. The molecule has 2 fully saturated rings. The van der Waals surface area contributed by atoms with E-state index in [2.05, 4.69) is 46.7 Å². The maximum absolute atomic E-state index is 12.4. The molecule has 2 saturated heterocycles. The molecule has 2 N–H and O–H groups in total. The van der Waals surface area contributed by atoms with Gasteiger partial charge in [0.05, 0.1) is 13.2 Å². The van der Waals surface area contributed by atoms with Gasteiger partial charge >= 0.3 is 0 Å². The number of carbonyl (C=O) groups excluding carboxylic acids is 1. The van der Waals surface area contributed by atoms with Crippen LogP contribution in [0.5, 0.6) is 0 Å². The molecular weight excluding hydrogens is 397 g/mol. The van der Waals surface area contributed by atoms with Crippen molar-refractivity contribution in [3.63, 3.8) is 0 Å². The quantitative estimate of drug-likeness (QED) is 0.696. The Morgan fingerprint density at radius 1 is 1.18 bits per heavy atom. The number of ether oxygens (including phenoxy) is 1. The first-order valence-corrected chi connectivity index (χ1v) is 10.1. The van der Waals surface area contributed by atoms with Crippen LogP contribution >= 0.6 is 24.8 Å². The summed E-state index contributed by atoms with van der Waals surface area (Å²) in [6.45, 7) is 9.54. The van der Waals surface area contributed by atoms with E-state index in [0.29, 0.717) is 24.8 Å². The Balaban J connectivity index is 0.00000196. The largest absolute Gasteiger partial charge is 0.379 e. The first-order chi connectivity index (χ1) is 12.7. The lowest BCUT2D eigenvalue weighted by atomic mass is 9.84. The molecule has 160 valence electrons. The molecule has 0 bridgehead atoms. The summed E-state index contributed by atoms with van der Waals surface area (Å²) in [5.74, 6) is 1.31. The lowest BCUT2D eigenvalue weighted by molar-refractivity contribution is -0.122. The van der Waals surface area contributed by atoms with Crippen molar-refractivity contribution < 1.29 is 9.53 Å². The highest BCUT2D eigenvalue weighted by molar-refractivity contribution is 5.85. The summed E-state index contributed by atoms with van der Waals surface area (Å²) >= 11 is 0. The Kier molecular flexibility index (Phi) is 12.0. The van der Waals surface area contributed by atoms with Crippen molar-refractivity contribution in [3.8, 4) is 0 Å². The molecule has 1 aromatic carbocycles. The number of piperidine rings is 1. The first-order valence-electron chi connectivity index (χ1n) is 10.1. The summed E-state index contributed by atoms with van der Waals surface area (Å²) in [4.78, 5) is 14.8. The van der Waals surface area contributed by atoms with Crippen LogP contribution in [0.25, 0.3) is 0 Å². The summed E-state index contributed by atoms with van der Waals surface area (Å²) in [6.07, 6.45) is 3.02. The van der Waals surface area contributed by atoms with E-state index in [4.69, 9.17) is 4.74 Å². The van der Waals surface area contributed by atoms with Crippen molar-refractivity contribution in [1.29, 1.82) is 0 Å². The van der Waals surface area contributed by atoms with E-state index >= 15 is 0 Å². The summed E-state index contributed by atoms with van der Waals surface area (Å²) in [5, 5.41) is 6.55. The fraction of sp³-hybridized carbons (Fsp3) is 0.667. The third kappa shape index (κ3) is 7.88. The molecule has 1 aromatic rings. The van der Waals surface area contributed by atoms with Gasteiger partial charge in [-0.2, -0.15) is 0 Å². The zero-order chi connectivity index (χ0) is 18.2. The number of carbonyl (C=O) groups is 1. The van der Waals surface area contributed by atoms with Gasteiger partial charge in [-0.15, -0.1) is 24.8 Å². The number of hydrogen-bond acceptors (Lipinski definition) is 4.